The number of amides is 2. The zero-order valence-electron chi connectivity index (χ0n) is 18.6. The van der Waals surface area contributed by atoms with Gasteiger partial charge in [0.15, 0.2) is 11.5 Å². The van der Waals surface area contributed by atoms with Crippen LogP contribution in [0.15, 0.2) is 79.0 Å². The van der Waals surface area contributed by atoms with Crippen LogP contribution >= 0.6 is 0 Å². The molecule has 1 fully saturated rings. The van der Waals surface area contributed by atoms with Crippen LogP contribution in [0.25, 0.3) is 6.08 Å². The van der Waals surface area contributed by atoms with Gasteiger partial charge in [-0.25, -0.2) is 9.99 Å². The molecule has 35 heavy (non-hydrogen) atoms. The van der Waals surface area contributed by atoms with Crippen molar-refractivity contribution in [2.75, 3.05) is 12.1 Å². The van der Waals surface area contributed by atoms with Gasteiger partial charge in [0, 0.05) is 17.7 Å². The highest BCUT2D eigenvalue weighted by Crippen LogP contribution is 2.37. The van der Waals surface area contributed by atoms with Gasteiger partial charge >= 0.3 is 0 Å². The number of aromatic nitrogens is 1. The lowest BCUT2D eigenvalue weighted by Gasteiger charge is -2.15. The summed E-state index contributed by atoms with van der Waals surface area (Å²) in [6.45, 7) is 3.76. The van der Waals surface area contributed by atoms with Crippen molar-refractivity contribution in [3.8, 4) is 17.4 Å². The van der Waals surface area contributed by atoms with Gasteiger partial charge in [-0.3, -0.25) is 25.1 Å². The normalized spacial score (nSPS) is 14.1. The molecule has 2 amide bonds. The van der Waals surface area contributed by atoms with Crippen LogP contribution in [0.3, 0.4) is 0 Å². The number of pyridine rings is 1. The summed E-state index contributed by atoms with van der Waals surface area (Å²) < 4.78 is 11.4. The van der Waals surface area contributed by atoms with Crippen molar-refractivity contribution >= 4 is 29.3 Å². The zero-order valence-corrected chi connectivity index (χ0v) is 18.6. The predicted molar refractivity (Wildman–Crippen MR) is 128 cm³/mol. The maximum absolute atomic E-state index is 12.9. The first-order valence-corrected chi connectivity index (χ1v) is 10.4. The van der Waals surface area contributed by atoms with E-state index in [2.05, 4.69) is 17.0 Å². The maximum atomic E-state index is 12.9. The van der Waals surface area contributed by atoms with Gasteiger partial charge in [-0.05, 0) is 42.3 Å². The minimum Gasteiger partial charge on any atom is -0.493 e. The molecule has 1 saturated heterocycles. The van der Waals surface area contributed by atoms with Crippen LogP contribution in [-0.2, 0) is 16.0 Å². The molecule has 2 aromatic carbocycles. The number of hydrogen-bond acceptors (Lipinski definition) is 7. The van der Waals surface area contributed by atoms with Gasteiger partial charge in [0.1, 0.15) is 11.8 Å². The van der Waals surface area contributed by atoms with E-state index in [1.165, 1.54) is 30.3 Å². The number of carbonyl (C=O) groups excluding carboxylic acids is 2. The molecule has 0 atom stereocenters. The van der Waals surface area contributed by atoms with Crippen LogP contribution in [0.5, 0.6) is 17.4 Å². The lowest BCUT2D eigenvalue weighted by Crippen LogP contribution is -2.35. The molecule has 176 valence electrons. The first kappa shape index (κ1) is 23.2. The Labute approximate surface area is 200 Å². The number of hydrogen-bond donors (Lipinski definition) is 1. The van der Waals surface area contributed by atoms with Crippen LogP contribution in [0.2, 0.25) is 0 Å². The molecule has 1 aliphatic rings. The Bertz CT molecular complexity index is 1340. The van der Waals surface area contributed by atoms with Crippen molar-refractivity contribution in [1.82, 2.24) is 10.4 Å². The number of para-hydroxylation sites is 1. The smallest absolute Gasteiger partial charge is 0.287 e. The molecule has 10 nitrogen and oxygen atoms in total. The van der Waals surface area contributed by atoms with Gasteiger partial charge in [-0.2, -0.15) is 0 Å². The second-order valence-corrected chi connectivity index (χ2v) is 7.39. The van der Waals surface area contributed by atoms with Crippen LogP contribution in [0.4, 0.5) is 11.4 Å². The molecule has 0 spiro atoms. The molecule has 1 aliphatic heterocycles. The highest BCUT2D eigenvalue weighted by atomic mass is 16.6. The fourth-order valence-electron chi connectivity index (χ4n) is 3.47. The monoisotopic (exact) mass is 472 g/mol. The molecule has 1 aromatic heterocycles. The third kappa shape index (κ3) is 4.86. The Hall–Kier alpha value is -4.99. The van der Waals surface area contributed by atoms with E-state index in [9.17, 15) is 19.7 Å². The Kier molecular flexibility index (Phi) is 6.54. The van der Waals surface area contributed by atoms with Gasteiger partial charge in [-0.15, -0.1) is 6.58 Å². The molecule has 0 bridgehead atoms. The topological polar surface area (TPSA) is 124 Å². The molecule has 0 aliphatic carbocycles. The quantitative estimate of drug-likeness (QED) is 0.173. The number of nitrogens with one attached hydrogen (secondary N) is 1. The number of benzene rings is 2. The van der Waals surface area contributed by atoms with E-state index in [-0.39, 0.29) is 17.1 Å². The van der Waals surface area contributed by atoms with Crippen molar-refractivity contribution in [3.05, 3.63) is 100 Å². The molecule has 4 rings (SSSR count). The molecule has 1 N–H and O–H groups in total. The Balaban J connectivity index is 1.69. The van der Waals surface area contributed by atoms with Crippen LogP contribution in [-0.4, -0.2) is 28.8 Å². The Morgan fingerprint density at radius 1 is 1.17 bits per heavy atom. The van der Waals surface area contributed by atoms with Crippen LogP contribution in [0, 0.1) is 10.1 Å². The average Bonchev–Trinajstić information content (AvgIpc) is 3.14. The average molecular weight is 472 g/mol. The number of allylic oxidation sites excluding steroid dienone is 1. The van der Waals surface area contributed by atoms with Crippen LogP contribution in [0.1, 0.15) is 11.1 Å². The van der Waals surface area contributed by atoms with E-state index in [4.69, 9.17) is 9.47 Å². The standard InChI is InChI=1S/C25H20N4O6/c1-3-7-17-12-16(13-20-24(30)27-28(25(20)31)18-8-5-4-6-9-18)14-21(34-2)23(17)35-22-11-10-19(15-26-22)29(32)33/h3-6,8-15H,1,7H2,2H3,(H,27,30)/b20-13-. The number of ether oxygens (including phenoxy) is 2. The molecule has 10 heteroatoms. The van der Waals surface area contributed by atoms with E-state index in [0.717, 1.165) is 6.20 Å². The maximum Gasteiger partial charge on any atom is 0.287 e. The molecule has 2 heterocycles. The van der Waals surface area contributed by atoms with Crippen molar-refractivity contribution in [3.63, 3.8) is 0 Å². The van der Waals surface area contributed by atoms with Gasteiger partial charge < -0.3 is 9.47 Å². The Morgan fingerprint density at radius 3 is 2.57 bits per heavy atom. The largest absolute Gasteiger partial charge is 0.493 e. The van der Waals surface area contributed by atoms with Crippen molar-refractivity contribution in [2.24, 2.45) is 0 Å². The summed E-state index contributed by atoms with van der Waals surface area (Å²) in [7, 11) is 1.45. The Morgan fingerprint density at radius 2 is 1.94 bits per heavy atom. The lowest BCUT2D eigenvalue weighted by atomic mass is 10.0. The van der Waals surface area contributed by atoms with E-state index in [1.54, 1.807) is 42.5 Å². The highest BCUT2D eigenvalue weighted by molar-refractivity contribution is 6.31. The number of rotatable bonds is 8. The molecule has 0 radical (unpaired) electrons. The van der Waals surface area contributed by atoms with Gasteiger partial charge in [0.25, 0.3) is 17.5 Å². The summed E-state index contributed by atoms with van der Waals surface area (Å²) in [5, 5.41) is 12.1. The van der Waals surface area contributed by atoms with Gasteiger partial charge in [0.2, 0.25) is 5.88 Å². The number of methoxy groups -OCH3 is 1. The second kappa shape index (κ2) is 9.87. The molecular weight excluding hydrogens is 452 g/mol. The molecule has 3 aromatic rings. The van der Waals surface area contributed by atoms with Crippen molar-refractivity contribution < 1.29 is 24.0 Å². The number of nitrogens with zero attached hydrogens (tertiary/aromatic N) is 3. The van der Waals surface area contributed by atoms with Gasteiger partial charge in [0.05, 0.1) is 17.7 Å². The minimum atomic E-state index is -0.553. The summed E-state index contributed by atoms with van der Waals surface area (Å²) >= 11 is 0. The van der Waals surface area contributed by atoms with Crippen molar-refractivity contribution in [1.29, 1.82) is 0 Å². The first-order valence-electron chi connectivity index (χ1n) is 10.4. The molecular formula is C25H20N4O6. The number of anilines is 1. The van der Waals surface area contributed by atoms with E-state index in [1.807, 2.05) is 6.07 Å². The number of carbonyl (C=O) groups is 2. The third-order valence-corrected chi connectivity index (χ3v) is 5.09. The minimum absolute atomic E-state index is 0.0360. The van der Waals surface area contributed by atoms with E-state index < -0.39 is 16.7 Å². The van der Waals surface area contributed by atoms with E-state index >= 15 is 0 Å². The van der Waals surface area contributed by atoms with Gasteiger partial charge in [-0.1, -0.05) is 24.3 Å². The lowest BCUT2D eigenvalue weighted by molar-refractivity contribution is -0.385. The van der Waals surface area contributed by atoms with Crippen molar-refractivity contribution in [2.45, 2.75) is 6.42 Å². The summed E-state index contributed by atoms with van der Waals surface area (Å²) in [5.74, 6) is -0.223. The van der Waals surface area contributed by atoms with Crippen LogP contribution < -0.4 is 19.9 Å². The fraction of sp³-hybridized carbons (Fsp3) is 0.0800. The predicted octanol–water partition coefficient (Wildman–Crippen LogP) is 3.98. The summed E-state index contributed by atoms with van der Waals surface area (Å²) in [6, 6.07) is 14.8. The summed E-state index contributed by atoms with van der Waals surface area (Å²) in [6.07, 6.45) is 4.61. The third-order valence-electron chi connectivity index (χ3n) is 5.09. The molecule has 0 saturated carbocycles. The second-order valence-electron chi connectivity index (χ2n) is 7.39. The SMILES string of the molecule is C=CCc1cc(/C=C2/C(=O)NN(c3ccccc3)C2=O)cc(OC)c1Oc1ccc([N+](=O)[O-])cn1. The summed E-state index contributed by atoms with van der Waals surface area (Å²) in [5.41, 5.74) is 4.09. The van der Waals surface area contributed by atoms with E-state index in [0.29, 0.717) is 34.7 Å². The molecule has 0 unspecified atom stereocenters. The zero-order chi connectivity index (χ0) is 24.9. The number of nitro groups is 1. The highest BCUT2D eigenvalue weighted by Gasteiger charge is 2.34. The number of hydrazine groups is 1. The fourth-order valence-corrected chi connectivity index (χ4v) is 3.47. The summed E-state index contributed by atoms with van der Waals surface area (Å²) in [4.78, 5) is 39.8. The first-order chi connectivity index (χ1) is 16.9.